The van der Waals surface area contributed by atoms with Crippen LogP contribution in [0.5, 0.6) is 0 Å². The van der Waals surface area contributed by atoms with E-state index in [1.54, 1.807) is 0 Å². The molecule has 5 nitrogen and oxygen atoms in total. The number of nitriles is 1. The fraction of sp³-hybridized carbons (Fsp3) is 0.900. The van der Waals surface area contributed by atoms with Gasteiger partial charge in [-0.3, -0.25) is 0 Å². The minimum Gasteiger partial charge on any atom is -0.347 e. The summed E-state index contributed by atoms with van der Waals surface area (Å²) in [5.74, 6) is -0.947. The maximum atomic E-state index is 9.11. The Kier molecular flexibility index (Phi) is 1.86. The highest BCUT2D eigenvalue weighted by molar-refractivity contribution is 5.06. The van der Waals surface area contributed by atoms with Gasteiger partial charge in [-0.25, -0.2) is 0 Å². The van der Waals surface area contributed by atoms with Gasteiger partial charge in [-0.05, 0) is 13.8 Å². The molecule has 3 rings (SSSR count). The highest BCUT2D eigenvalue weighted by atomic mass is 16.8. The number of fused-ring (bicyclic) bond motifs is 4. The van der Waals surface area contributed by atoms with Gasteiger partial charge in [0, 0.05) is 0 Å². The van der Waals surface area contributed by atoms with E-state index in [2.05, 4.69) is 6.07 Å². The second-order valence-corrected chi connectivity index (χ2v) is 4.60. The Morgan fingerprint density at radius 3 is 2.73 bits per heavy atom. The summed E-state index contributed by atoms with van der Waals surface area (Å²) < 4.78 is 22.4. The topological polar surface area (TPSA) is 60.7 Å². The smallest absolute Gasteiger partial charge is 0.187 e. The van der Waals surface area contributed by atoms with Crippen LogP contribution in [0.4, 0.5) is 0 Å². The summed E-state index contributed by atoms with van der Waals surface area (Å²) in [6.07, 6.45) is -1.04. The van der Waals surface area contributed by atoms with E-state index in [9.17, 15) is 0 Å². The highest BCUT2D eigenvalue weighted by Crippen LogP contribution is 2.43. The number of ether oxygens (including phenoxy) is 4. The number of rotatable bonds is 0. The zero-order valence-electron chi connectivity index (χ0n) is 8.67. The van der Waals surface area contributed by atoms with Crippen LogP contribution in [-0.2, 0) is 18.9 Å². The lowest BCUT2D eigenvalue weighted by atomic mass is 9.92. The molecule has 3 aliphatic rings. The van der Waals surface area contributed by atoms with Crippen molar-refractivity contribution in [3.63, 3.8) is 0 Å². The van der Waals surface area contributed by atoms with Gasteiger partial charge in [0.05, 0.1) is 12.7 Å². The molecule has 3 aliphatic heterocycles. The zero-order chi connectivity index (χ0) is 10.6. The average Bonchev–Trinajstić information content (AvgIpc) is 2.70. The van der Waals surface area contributed by atoms with E-state index >= 15 is 0 Å². The van der Waals surface area contributed by atoms with E-state index in [-0.39, 0.29) is 30.5 Å². The molecule has 3 fully saturated rings. The van der Waals surface area contributed by atoms with Gasteiger partial charge in [0.25, 0.3) is 0 Å². The maximum Gasteiger partial charge on any atom is 0.187 e. The summed E-state index contributed by atoms with van der Waals surface area (Å²) in [5, 5.41) is 9.11. The lowest BCUT2D eigenvalue weighted by molar-refractivity contribution is -0.188. The van der Waals surface area contributed by atoms with Crippen molar-refractivity contribution in [2.45, 2.75) is 44.2 Å². The van der Waals surface area contributed by atoms with Crippen LogP contribution in [0, 0.1) is 17.2 Å². The SMILES string of the molecule is CC1(C)O[C@@H]2[C@H]3OC[C@@H](O3)[C@@H](C#N)[C@@H]2O1. The maximum absolute atomic E-state index is 9.11. The van der Waals surface area contributed by atoms with E-state index in [1.807, 2.05) is 13.8 Å². The largest absolute Gasteiger partial charge is 0.347 e. The monoisotopic (exact) mass is 211 g/mol. The third-order valence-electron chi connectivity index (χ3n) is 3.07. The zero-order valence-corrected chi connectivity index (χ0v) is 8.67. The molecule has 2 bridgehead atoms. The molecule has 3 saturated heterocycles. The highest BCUT2D eigenvalue weighted by Gasteiger charge is 2.58. The van der Waals surface area contributed by atoms with Crippen molar-refractivity contribution in [3.8, 4) is 6.07 Å². The standard InChI is InChI=1S/C10H13NO4/c1-10(2)14-7-5(3-11)6-4-12-9(13-6)8(7)15-10/h5-9H,4H2,1-2H3/t5-,6-,7+,8+,9+/m1/s1. The van der Waals surface area contributed by atoms with Crippen LogP contribution in [0.1, 0.15) is 13.8 Å². The lowest BCUT2D eigenvalue weighted by Crippen LogP contribution is -2.48. The molecule has 82 valence electrons. The van der Waals surface area contributed by atoms with Crippen LogP contribution in [-0.4, -0.2) is 37.0 Å². The van der Waals surface area contributed by atoms with Crippen LogP contribution in [0.15, 0.2) is 0 Å². The third-order valence-corrected chi connectivity index (χ3v) is 3.07. The molecule has 5 atom stereocenters. The molecule has 0 unspecified atom stereocenters. The molecule has 0 spiro atoms. The van der Waals surface area contributed by atoms with Gasteiger partial charge >= 0.3 is 0 Å². The number of hydrogen-bond donors (Lipinski definition) is 0. The van der Waals surface area contributed by atoms with E-state index in [0.29, 0.717) is 6.61 Å². The fourth-order valence-corrected chi connectivity index (χ4v) is 2.47. The fourth-order valence-electron chi connectivity index (χ4n) is 2.47. The second-order valence-electron chi connectivity index (χ2n) is 4.60. The minimum atomic E-state index is -0.651. The molecule has 0 saturated carbocycles. The molecular weight excluding hydrogens is 198 g/mol. The molecular formula is C10H13NO4. The summed E-state index contributed by atoms with van der Waals surface area (Å²) in [4.78, 5) is 0. The van der Waals surface area contributed by atoms with Crippen LogP contribution in [0.2, 0.25) is 0 Å². The number of nitrogens with zero attached hydrogens (tertiary/aromatic N) is 1. The third kappa shape index (κ3) is 1.30. The van der Waals surface area contributed by atoms with Crippen molar-refractivity contribution in [2.75, 3.05) is 6.61 Å². The first-order valence-electron chi connectivity index (χ1n) is 5.13. The number of hydrogen-bond acceptors (Lipinski definition) is 5. The van der Waals surface area contributed by atoms with Crippen LogP contribution in [0.3, 0.4) is 0 Å². The van der Waals surface area contributed by atoms with E-state index < -0.39 is 5.79 Å². The summed E-state index contributed by atoms with van der Waals surface area (Å²) in [6, 6.07) is 2.23. The minimum absolute atomic E-state index is 0.168. The van der Waals surface area contributed by atoms with Crippen molar-refractivity contribution in [3.05, 3.63) is 0 Å². The van der Waals surface area contributed by atoms with Gasteiger partial charge in [0.1, 0.15) is 24.2 Å². The molecule has 0 amide bonds. The Balaban J connectivity index is 1.92. The Morgan fingerprint density at radius 1 is 1.27 bits per heavy atom. The quantitative estimate of drug-likeness (QED) is 0.580. The summed E-state index contributed by atoms with van der Waals surface area (Å²) in [7, 11) is 0. The van der Waals surface area contributed by atoms with Gasteiger partial charge in [-0.15, -0.1) is 0 Å². The van der Waals surface area contributed by atoms with E-state index in [0.717, 1.165) is 0 Å². The van der Waals surface area contributed by atoms with Crippen LogP contribution < -0.4 is 0 Å². The Labute approximate surface area is 87.9 Å². The molecule has 0 aliphatic carbocycles. The molecule has 0 radical (unpaired) electrons. The first-order valence-corrected chi connectivity index (χ1v) is 5.13. The summed E-state index contributed by atoms with van der Waals surface area (Å²) >= 11 is 0. The van der Waals surface area contributed by atoms with Gasteiger partial charge < -0.3 is 18.9 Å². The molecule has 0 aromatic heterocycles. The molecule has 0 N–H and O–H groups in total. The van der Waals surface area contributed by atoms with Crippen molar-refractivity contribution >= 4 is 0 Å². The van der Waals surface area contributed by atoms with Gasteiger partial charge in [-0.1, -0.05) is 0 Å². The van der Waals surface area contributed by atoms with Gasteiger partial charge in [0.15, 0.2) is 12.1 Å². The Morgan fingerprint density at radius 2 is 2.00 bits per heavy atom. The Bertz CT molecular complexity index is 324. The van der Waals surface area contributed by atoms with E-state index in [1.165, 1.54) is 0 Å². The van der Waals surface area contributed by atoms with Crippen molar-refractivity contribution in [1.29, 1.82) is 5.26 Å². The molecule has 0 aromatic carbocycles. The van der Waals surface area contributed by atoms with Crippen molar-refractivity contribution in [2.24, 2.45) is 5.92 Å². The van der Waals surface area contributed by atoms with Gasteiger partial charge in [-0.2, -0.15) is 5.26 Å². The predicted octanol–water partition coefficient (Wildman–Crippen LogP) is 0.401. The van der Waals surface area contributed by atoms with Crippen LogP contribution >= 0.6 is 0 Å². The summed E-state index contributed by atoms with van der Waals surface area (Å²) in [6.45, 7) is 4.14. The average molecular weight is 211 g/mol. The van der Waals surface area contributed by atoms with Crippen molar-refractivity contribution in [1.82, 2.24) is 0 Å². The lowest BCUT2D eigenvalue weighted by Gasteiger charge is -2.30. The molecule has 3 heterocycles. The normalized spacial score (nSPS) is 51.1. The Hall–Kier alpha value is -0.670. The molecule has 15 heavy (non-hydrogen) atoms. The first kappa shape index (κ1) is 9.55. The molecule has 0 aromatic rings. The summed E-state index contributed by atoms with van der Waals surface area (Å²) in [5.41, 5.74) is 0. The van der Waals surface area contributed by atoms with Crippen LogP contribution in [0.25, 0.3) is 0 Å². The van der Waals surface area contributed by atoms with Gasteiger partial charge in [0.2, 0.25) is 0 Å². The molecule has 5 heteroatoms. The van der Waals surface area contributed by atoms with Crippen molar-refractivity contribution < 1.29 is 18.9 Å². The predicted molar refractivity (Wildman–Crippen MR) is 47.5 cm³/mol. The van der Waals surface area contributed by atoms with E-state index in [4.69, 9.17) is 24.2 Å². The second kappa shape index (κ2) is 2.92. The first-order chi connectivity index (χ1) is 7.11.